The van der Waals surface area contributed by atoms with Crippen molar-refractivity contribution in [1.82, 2.24) is 0 Å². The number of rotatable bonds is 9. The third-order valence-electron chi connectivity index (χ3n) is 4.15. The number of amides is 1. The predicted molar refractivity (Wildman–Crippen MR) is 106 cm³/mol. The van der Waals surface area contributed by atoms with E-state index in [2.05, 4.69) is 39.1 Å². The highest BCUT2D eigenvalue weighted by Crippen LogP contribution is 2.25. The van der Waals surface area contributed by atoms with Gasteiger partial charge in [-0.25, -0.2) is 0 Å². The van der Waals surface area contributed by atoms with Gasteiger partial charge in [-0.1, -0.05) is 45.4 Å². The Labute approximate surface area is 156 Å². The zero-order chi connectivity index (χ0) is 18.9. The second-order valence-corrected chi connectivity index (χ2v) is 6.71. The summed E-state index contributed by atoms with van der Waals surface area (Å²) in [6.07, 6.45) is 2.05. The molecule has 0 spiro atoms. The molecule has 2 aromatic rings. The first-order chi connectivity index (χ1) is 12.5. The monoisotopic (exact) mass is 355 g/mol. The van der Waals surface area contributed by atoms with Crippen LogP contribution >= 0.6 is 0 Å². The third-order valence-corrected chi connectivity index (χ3v) is 4.15. The number of para-hydroxylation sites is 2. The summed E-state index contributed by atoms with van der Waals surface area (Å²) in [6, 6.07) is 13.4. The highest BCUT2D eigenvalue weighted by molar-refractivity contribution is 5.93. The quantitative estimate of drug-likeness (QED) is 0.620. The van der Waals surface area contributed by atoms with E-state index in [-0.39, 0.29) is 12.5 Å². The maximum Gasteiger partial charge on any atom is 0.262 e. The van der Waals surface area contributed by atoms with E-state index in [0.29, 0.717) is 29.7 Å². The van der Waals surface area contributed by atoms with Gasteiger partial charge in [-0.3, -0.25) is 4.79 Å². The molecular weight excluding hydrogens is 326 g/mol. The Morgan fingerprint density at radius 1 is 1.12 bits per heavy atom. The van der Waals surface area contributed by atoms with E-state index in [0.717, 1.165) is 12.8 Å². The van der Waals surface area contributed by atoms with Crippen molar-refractivity contribution in [3.63, 3.8) is 0 Å². The summed E-state index contributed by atoms with van der Waals surface area (Å²) in [4.78, 5) is 12.2. The van der Waals surface area contributed by atoms with Crippen molar-refractivity contribution in [3.8, 4) is 11.5 Å². The maximum absolute atomic E-state index is 12.2. The highest BCUT2D eigenvalue weighted by atomic mass is 16.5. The minimum atomic E-state index is -0.206. The van der Waals surface area contributed by atoms with Gasteiger partial charge in [-0.05, 0) is 54.7 Å². The van der Waals surface area contributed by atoms with Gasteiger partial charge < -0.3 is 14.8 Å². The molecule has 0 unspecified atom stereocenters. The first-order valence-electron chi connectivity index (χ1n) is 9.26. The molecule has 2 rings (SSSR count). The Bertz CT molecular complexity index is 725. The molecule has 4 nitrogen and oxygen atoms in total. The Morgan fingerprint density at radius 2 is 1.88 bits per heavy atom. The minimum absolute atomic E-state index is 0.0379. The van der Waals surface area contributed by atoms with Gasteiger partial charge in [0.1, 0.15) is 11.5 Å². The lowest BCUT2D eigenvalue weighted by molar-refractivity contribution is -0.118. The zero-order valence-corrected chi connectivity index (χ0v) is 16.2. The topological polar surface area (TPSA) is 47.6 Å². The predicted octanol–water partition coefficient (Wildman–Crippen LogP) is 5.31. The van der Waals surface area contributed by atoms with Crippen LogP contribution in [0.3, 0.4) is 0 Å². The molecule has 1 amide bonds. The van der Waals surface area contributed by atoms with Crippen LogP contribution in [0.25, 0.3) is 0 Å². The fourth-order valence-electron chi connectivity index (χ4n) is 2.74. The number of nitrogens with one attached hydrogen (secondary N) is 1. The average Bonchev–Trinajstić information content (AvgIpc) is 2.61. The van der Waals surface area contributed by atoms with Crippen LogP contribution in [0.5, 0.6) is 11.5 Å². The Kier molecular flexibility index (Phi) is 7.52. The largest absolute Gasteiger partial charge is 0.491 e. The number of hydrogen-bond donors (Lipinski definition) is 1. The summed E-state index contributed by atoms with van der Waals surface area (Å²) in [5, 5.41) is 2.86. The van der Waals surface area contributed by atoms with Crippen molar-refractivity contribution >= 4 is 11.6 Å². The molecule has 0 aliphatic rings. The molecule has 0 aliphatic heterocycles. The summed E-state index contributed by atoms with van der Waals surface area (Å²) in [5.74, 6) is 1.65. The molecule has 4 heteroatoms. The molecule has 2 aromatic carbocycles. The number of unbranched alkanes of at least 4 members (excludes halogenated alkanes) is 1. The fourth-order valence-corrected chi connectivity index (χ4v) is 2.74. The number of benzene rings is 2. The molecule has 0 saturated carbocycles. The SMILES string of the molecule is CCCCOc1ccccc1NC(=O)COc1ccc(C(C)C)c(C)c1. The summed E-state index contributed by atoms with van der Waals surface area (Å²) < 4.78 is 11.4. The van der Waals surface area contributed by atoms with Gasteiger partial charge >= 0.3 is 0 Å². The lowest BCUT2D eigenvalue weighted by Crippen LogP contribution is -2.20. The zero-order valence-electron chi connectivity index (χ0n) is 16.2. The lowest BCUT2D eigenvalue weighted by atomic mass is 9.98. The summed E-state index contributed by atoms with van der Waals surface area (Å²) >= 11 is 0. The fraction of sp³-hybridized carbons (Fsp3) is 0.409. The smallest absolute Gasteiger partial charge is 0.262 e. The van der Waals surface area contributed by atoms with Crippen LogP contribution < -0.4 is 14.8 Å². The van der Waals surface area contributed by atoms with E-state index in [1.807, 2.05) is 36.4 Å². The van der Waals surface area contributed by atoms with Crippen LogP contribution in [0.15, 0.2) is 42.5 Å². The van der Waals surface area contributed by atoms with Crippen LogP contribution in [0, 0.1) is 6.92 Å². The maximum atomic E-state index is 12.2. The molecule has 0 radical (unpaired) electrons. The number of carbonyl (C=O) groups excluding carboxylic acids is 1. The van der Waals surface area contributed by atoms with Crippen LogP contribution in [-0.4, -0.2) is 19.1 Å². The molecule has 0 heterocycles. The number of hydrogen-bond acceptors (Lipinski definition) is 3. The van der Waals surface area contributed by atoms with E-state index in [1.54, 1.807) is 0 Å². The molecular formula is C22H29NO3. The van der Waals surface area contributed by atoms with Crippen LogP contribution in [-0.2, 0) is 4.79 Å². The molecule has 0 aromatic heterocycles. The van der Waals surface area contributed by atoms with Gasteiger partial charge in [-0.15, -0.1) is 0 Å². The van der Waals surface area contributed by atoms with E-state index in [1.165, 1.54) is 11.1 Å². The molecule has 0 saturated heterocycles. The van der Waals surface area contributed by atoms with E-state index < -0.39 is 0 Å². The van der Waals surface area contributed by atoms with E-state index in [9.17, 15) is 4.79 Å². The van der Waals surface area contributed by atoms with Crippen molar-refractivity contribution < 1.29 is 14.3 Å². The molecule has 1 N–H and O–H groups in total. The highest BCUT2D eigenvalue weighted by Gasteiger charge is 2.10. The normalized spacial score (nSPS) is 10.7. The average molecular weight is 355 g/mol. The molecule has 0 aliphatic carbocycles. The number of carbonyl (C=O) groups is 1. The molecule has 140 valence electrons. The molecule has 0 fully saturated rings. The van der Waals surface area contributed by atoms with Crippen molar-refractivity contribution in [1.29, 1.82) is 0 Å². The standard InChI is InChI=1S/C22H29NO3/c1-5-6-13-25-21-10-8-7-9-20(21)23-22(24)15-26-18-11-12-19(16(2)3)17(4)14-18/h7-12,14,16H,5-6,13,15H2,1-4H3,(H,23,24). The lowest BCUT2D eigenvalue weighted by Gasteiger charge is -2.14. The summed E-state index contributed by atoms with van der Waals surface area (Å²) in [5.41, 5.74) is 3.14. The van der Waals surface area contributed by atoms with Gasteiger partial charge in [-0.2, -0.15) is 0 Å². The summed E-state index contributed by atoms with van der Waals surface area (Å²) in [7, 11) is 0. The van der Waals surface area contributed by atoms with Gasteiger partial charge in [0.2, 0.25) is 0 Å². The number of ether oxygens (including phenoxy) is 2. The van der Waals surface area contributed by atoms with Crippen molar-refractivity contribution in [3.05, 3.63) is 53.6 Å². The van der Waals surface area contributed by atoms with Gasteiger partial charge in [0.15, 0.2) is 6.61 Å². The van der Waals surface area contributed by atoms with E-state index >= 15 is 0 Å². The molecule has 0 atom stereocenters. The van der Waals surface area contributed by atoms with Crippen LogP contribution in [0.2, 0.25) is 0 Å². The molecule has 0 bridgehead atoms. The van der Waals surface area contributed by atoms with Gasteiger partial charge in [0.25, 0.3) is 5.91 Å². The second kappa shape index (κ2) is 9.85. The molecule has 26 heavy (non-hydrogen) atoms. The van der Waals surface area contributed by atoms with Gasteiger partial charge in [0.05, 0.1) is 12.3 Å². The third kappa shape index (κ3) is 5.80. The Morgan fingerprint density at radius 3 is 2.58 bits per heavy atom. The number of aryl methyl sites for hydroxylation is 1. The van der Waals surface area contributed by atoms with Crippen molar-refractivity contribution in [2.45, 2.75) is 46.5 Å². The second-order valence-electron chi connectivity index (χ2n) is 6.71. The first kappa shape index (κ1) is 19.8. The van der Waals surface area contributed by atoms with Crippen LogP contribution in [0.4, 0.5) is 5.69 Å². The van der Waals surface area contributed by atoms with Crippen molar-refractivity contribution in [2.24, 2.45) is 0 Å². The number of anilines is 1. The first-order valence-corrected chi connectivity index (χ1v) is 9.26. The summed E-state index contributed by atoms with van der Waals surface area (Å²) in [6.45, 7) is 9.10. The van der Waals surface area contributed by atoms with Gasteiger partial charge in [0, 0.05) is 0 Å². The Hall–Kier alpha value is -2.49. The Balaban J connectivity index is 1.92. The van der Waals surface area contributed by atoms with Crippen LogP contribution in [0.1, 0.15) is 50.7 Å². The minimum Gasteiger partial charge on any atom is -0.491 e. The van der Waals surface area contributed by atoms with Crippen molar-refractivity contribution in [2.75, 3.05) is 18.5 Å². The van der Waals surface area contributed by atoms with E-state index in [4.69, 9.17) is 9.47 Å².